The average molecular weight is 404 g/mol. The van der Waals surface area contributed by atoms with E-state index in [-0.39, 0.29) is 23.8 Å². The summed E-state index contributed by atoms with van der Waals surface area (Å²) in [5.41, 5.74) is -0.808. The van der Waals surface area contributed by atoms with E-state index in [9.17, 15) is 19.5 Å². The maximum atomic E-state index is 12.2. The first-order valence-corrected chi connectivity index (χ1v) is 9.41. The Morgan fingerprint density at radius 3 is 2.46 bits per heavy atom. The quantitative estimate of drug-likeness (QED) is 0.171. The van der Waals surface area contributed by atoms with Crippen LogP contribution >= 0.6 is 23.2 Å². The van der Waals surface area contributed by atoms with Gasteiger partial charge in [0.1, 0.15) is 11.5 Å². The van der Waals surface area contributed by atoms with Crippen molar-refractivity contribution in [2.45, 2.75) is 62.5 Å². The van der Waals surface area contributed by atoms with Crippen LogP contribution < -0.4 is 5.32 Å². The molecule has 2 amide bonds. The molecule has 3 atom stereocenters. The van der Waals surface area contributed by atoms with Gasteiger partial charge in [-0.15, -0.1) is 11.6 Å². The number of aliphatic carboxylic acids is 1. The number of carboxylic acid groups (broad SMARTS) is 1. The second-order valence-electron chi connectivity index (χ2n) is 6.12. The molecule has 9 heteroatoms. The van der Waals surface area contributed by atoms with Crippen LogP contribution in [0.5, 0.6) is 0 Å². The fourth-order valence-corrected chi connectivity index (χ4v) is 3.23. The number of carboxylic acids is 1. The first kappa shape index (κ1) is 22.3. The van der Waals surface area contributed by atoms with Crippen molar-refractivity contribution in [3.8, 4) is 6.07 Å². The zero-order chi connectivity index (χ0) is 19.7. The maximum absolute atomic E-state index is 12.2. The minimum Gasteiger partial charge on any atom is -0.479 e. The van der Waals surface area contributed by atoms with Crippen molar-refractivity contribution in [2.75, 3.05) is 5.88 Å². The van der Waals surface area contributed by atoms with Crippen molar-refractivity contribution >= 4 is 41.0 Å². The Balaban J connectivity index is 2.40. The van der Waals surface area contributed by atoms with Crippen LogP contribution in [0.25, 0.3) is 0 Å². The number of halogens is 2. The number of β-lactam (4-membered cyclic amide) rings is 1. The van der Waals surface area contributed by atoms with Crippen LogP contribution in [-0.4, -0.2) is 51.3 Å². The molecule has 1 fully saturated rings. The largest absolute Gasteiger partial charge is 0.479 e. The standard InChI is InChI=1S/C17H23Cl2N3O4/c1-11(10-18)14(17(25)26)22-15(19)13(16(22)24)21-12(23)8-6-4-2-3-5-7-9-20/h13-15H,1-8,10H2,(H,21,23)(H,25,26). The molecule has 0 aromatic rings. The van der Waals surface area contributed by atoms with Crippen molar-refractivity contribution < 1.29 is 19.5 Å². The molecule has 1 aliphatic rings. The van der Waals surface area contributed by atoms with Gasteiger partial charge in [-0.1, -0.05) is 37.4 Å². The van der Waals surface area contributed by atoms with Crippen LogP contribution in [0.1, 0.15) is 44.9 Å². The van der Waals surface area contributed by atoms with Crippen molar-refractivity contribution in [1.29, 1.82) is 5.26 Å². The van der Waals surface area contributed by atoms with Gasteiger partial charge in [0, 0.05) is 18.7 Å². The van der Waals surface area contributed by atoms with Gasteiger partial charge in [-0.25, -0.2) is 4.79 Å². The van der Waals surface area contributed by atoms with Gasteiger partial charge in [0.2, 0.25) is 5.91 Å². The molecule has 26 heavy (non-hydrogen) atoms. The highest BCUT2D eigenvalue weighted by Crippen LogP contribution is 2.29. The van der Waals surface area contributed by atoms with Crippen LogP contribution in [0.15, 0.2) is 12.2 Å². The molecule has 0 spiro atoms. The number of likely N-dealkylation sites (tertiary alicyclic amines) is 1. The summed E-state index contributed by atoms with van der Waals surface area (Å²) in [4.78, 5) is 36.5. The Bertz CT molecular complexity index is 591. The number of rotatable bonds is 12. The third-order valence-corrected chi connectivity index (χ3v) is 4.95. The summed E-state index contributed by atoms with van der Waals surface area (Å²) >= 11 is 11.7. The molecule has 2 N–H and O–H groups in total. The number of nitriles is 1. The van der Waals surface area contributed by atoms with Crippen LogP contribution in [0.4, 0.5) is 0 Å². The Hall–Kier alpha value is -1.78. The van der Waals surface area contributed by atoms with Gasteiger partial charge < -0.3 is 15.3 Å². The summed E-state index contributed by atoms with van der Waals surface area (Å²) in [7, 11) is 0. The van der Waals surface area contributed by atoms with E-state index in [0.29, 0.717) is 12.8 Å². The number of unbranched alkanes of at least 4 members (excludes halogenated alkanes) is 5. The summed E-state index contributed by atoms with van der Waals surface area (Å²) in [6.45, 7) is 3.56. The number of nitrogens with zero attached hydrogens (tertiary/aromatic N) is 2. The first-order chi connectivity index (χ1) is 12.3. The van der Waals surface area contributed by atoms with Crippen molar-refractivity contribution in [3.05, 3.63) is 12.2 Å². The summed E-state index contributed by atoms with van der Waals surface area (Å²) in [5.74, 6) is -2.24. The van der Waals surface area contributed by atoms with Crippen molar-refractivity contribution in [2.24, 2.45) is 0 Å². The number of carbonyl (C=O) groups excluding carboxylic acids is 2. The van der Waals surface area contributed by atoms with Crippen LogP contribution in [0.3, 0.4) is 0 Å². The summed E-state index contributed by atoms with van der Waals surface area (Å²) in [6.07, 6.45) is 5.12. The fraction of sp³-hybridized carbons (Fsp3) is 0.647. The first-order valence-electron chi connectivity index (χ1n) is 8.44. The van der Waals surface area contributed by atoms with E-state index in [1.165, 1.54) is 0 Å². The van der Waals surface area contributed by atoms with Gasteiger partial charge in [-0.3, -0.25) is 9.59 Å². The van der Waals surface area contributed by atoms with E-state index in [4.69, 9.17) is 28.5 Å². The number of alkyl halides is 2. The second kappa shape index (κ2) is 11.0. The zero-order valence-electron chi connectivity index (χ0n) is 14.4. The maximum Gasteiger partial charge on any atom is 0.330 e. The molecule has 1 rings (SSSR count). The van der Waals surface area contributed by atoms with E-state index < -0.39 is 29.5 Å². The highest BCUT2D eigenvalue weighted by Gasteiger charge is 2.52. The topological polar surface area (TPSA) is 110 Å². The molecule has 144 valence electrons. The molecule has 7 nitrogen and oxygen atoms in total. The third-order valence-electron chi connectivity index (χ3n) is 4.14. The SMILES string of the molecule is C=C(CCl)C(C(=O)O)N1C(=O)C(NC(=O)CCCCCCCC#N)C1Cl. The number of hydrogen-bond donors (Lipinski definition) is 2. The van der Waals surface area contributed by atoms with Gasteiger partial charge in [-0.05, 0) is 18.4 Å². The highest BCUT2D eigenvalue weighted by atomic mass is 35.5. The summed E-state index contributed by atoms with van der Waals surface area (Å²) in [5, 5.41) is 20.2. The van der Waals surface area contributed by atoms with Gasteiger partial charge in [-0.2, -0.15) is 5.26 Å². The number of hydrogen-bond acceptors (Lipinski definition) is 4. The molecule has 0 aromatic carbocycles. The number of nitrogens with one attached hydrogen (secondary N) is 1. The lowest BCUT2D eigenvalue weighted by Gasteiger charge is -2.46. The van der Waals surface area contributed by atoms with E-state index in [2.05, 4.69) is 18.0 Å². The van der Waals surface area contributed by atoms with Crippen LogP contribution in [0.2, 0.25) is 0 Å². The lowest BCUT2D eigenvalue weighted by molar-refractivity contribution is -0.160. The van der Waals surface area contributed by atoms with Gasteiger partial charge >= 0.3 is 5.97 Å². The smallest absolute Gasteiger partial charge is 0.330 e. The molecule has 1 saturated heterocycles. The molecule has 0 bridgehead atoms. The predicted molar refractivity (Wildman–Crippen MR) is 97.6 cm³/mol. The van der Waals surface area contributed by atoms with E-state index in [0.717, 1.165) is 30.6 Å². The molecule has 1 aliphatic heterocycles. The lowest BCUT2D eigenvalue weighted by Crippen LogP contribution is -2.72. The molecular formula is C17H23Cl2N3O4. The van der Waals surface area contributed by atoms with E-state index in [1.807, 2.05) is 0 Å². The molecule has 0 aromatic heterocycles. The molecule has 0 radical (unpaired) electrons. The molecule has 3 unspecified atom stereocenters. The average Bonchev–Trinajstić information content (AvgIpc) is 2.62. The van der Waals surface area contributed by atoms with Gasteiger partial charge in [0.05, 0.1) is 6.07 Å². The molecule has 0 aliphatic carbocycles. The number of carbonyl (C=O) groups is 3. The van der Waals surface area contributed by atoms with Gasteiger partial charge in [0.15, 0.2) is 6.04 Å². The van der Waals surface area contributed by atoms with Crippen LogP contribution in [-0.2, 0) is 14.4 Å². The Labute approximate surface area is 162 Å². The number of amides is 2. The fourth-order valence-electron chi connectivity index (χ4n) is 2.71. The predicted octanol–water partition coefficient (Wildman–Crippen LogP) is 2.38. The Morgan fingerprint density at radius 2 is 1.92 bits per heavy atom. The molecular weight excluding hydrogens is 381 g/mol. The monoisotopic (exact) mass is 403 g/mol. The van der Waals surface area contributed by atoms with E-state index in [1.54, 1.807) is 0 Å². The van der Waals surface area contributed by atoms with E-state index >= 15 is 0 Å². The normalized spacial score (nSPS) is 20.0. The second-order valence-corrected chi connectivity index (χ2v) is 6.84. The third kappa shape index (κ3) is 5.89. The highest BCUT2D eigenvalue weighted by molar-refractivity contribution is 6.27. The van der Waals surface area contributed by atoms with Crippen molar-refractivity contribution in [1.82, 2.24) is 10.2 Å². The van der Waals surface area contributed by atoms with Gasteiger partial charge in [0.25, 0.3) is 5.91 Å². The van der Waals surface area contributed by atoms with Crippen molar-refractivity contribution in [3.63, 3.8) is 0 Å². The lowest BCUT2D eigenvalue weighted by atomic mass is 9.99. The Morgan fingerprint density at radius 1 is 1.31 bits per heavy atom. The Kier molecular flexibility index (Phi) is 9.46. The summed E-state index contributed by atoms with van der Waals surface area (Å²) in [6, 6.07) is -0.155. The molecule has 0 saturated carbocycles. The zero-order valence-corrected chi connectivity index (χ0v) is 15.9. The summed E-state index contributed by atoms with van der Waals surface area (Å²) < 4.78 is 0. The minimum atomic E-state index is -1.30. The minimum absolute atomic E-state index is 0.115. The molecule has 1 heterocycles. The van der Waals surface area contributed by atoms with Crippen LogP contribution in [0, 0.1) is 11.3 Å².